The van der Waals surface area contributed by atoms with Gasteiger partial charge in [0.15, 0.2) is 0 Å². The Hall–Kier alpha value is -0.0800. The molecule has 0 aromatic heterocycles. The van der Waals surface area contributed by atoms with E-state index in [1.165, 1.54) is 12.8 Å². The van der Waals surface area contributed by atoms with Gasteiger partial charge in [-0.05, 0) is 0 Å². The van der Waals surface area contributed by atoms with E-state index in [0.29, 0.717) is 13.1 Å². The zero-order valence-electron chi connectivity index (χ0n) is 7.98. The zero-order chi connectivity index (χ0) is 8.83. The Morgan fingerprint density at radius 2 is 0.800 bits per heavy atom. The van der Waals surface area contributed by atoms with E-state index < -0.39 is 0 Å². The van der Waals surface area contributed by atoms with Gasteiger partial charge in [0.05, 0.1) is 0 Å². The summed E-state index contributed by atoms with van der Waals surface area (Å²) in [6, 6.07) is 0. The molecular formula is C8H24N2. The molecule has 2 heteroatoms. The lowest BCUT2D eigenvalue weighted by Crippen LogP contribution is -2.11. The second-order valence-electron chi connectivity index (χ2n) is 1.99. The maximum absolute atomic E-state index is 4.90. The van der Waals surface area contributed by atoms with Gasteiger partial charge < -0.3 is 11.5 Å². The lowest BCUT2D eigenvalue weighted by Gasteiger charge is -1.72. The minimum absolute atomic E-state index is 0.597. The Morgan fingerprint density at radius 1 is 0.700 bits per heavy atom. The first-order chi connectivity index (χ1) is 4.74. The van der Waals surface area contributed by atoms with Crippen LogP contribution < -0.4 is 11.5 Å². The topological polar surface area (TPSA) is 52.0 Å². The summed E-state index contributed by atoms with van der Waals surface area (Å²) < 4.78 is 0. The van der Waals surface area contributed by atoms with Crippen molar-refractivity contribution >= 4 is 0 Å². The zero-order valence-corrected chi connectivity index (χ0v) is 7.98. The van der Waals surface area contributed by atoms with Crippen LogP contribution >= 0.6 is 0 Å². The Bertz CT molecular complexity index is 19.2. The predicted molar refractivity (Wildman–Crippen MR) is 50.0 cm³/mol. The summed E-state index contributed by atoms with van der Waals surface area (Å²) in [6.07, 6.45) is 2.50. The summed E-state index contributed by atoms with van der Waals surface area (Å²) in [6.45, 7) is 9.69. The lowest BCUT2D eigenvalue weighted by atomic mass is 10.6. The lowest BCUT2D eigenvalue weighted by molar-refractivity contribution is 0.976. The van der Waals surface area contributed by atoms with E-state index in [1.54, 1.807) is 0 Å². The quantitative estimate of drug-likeness (QED) is 0.595. The summed E-state index contributed by atoms with van der Waals surface area (Å²) in [5, 5.41) is 0. The van der Waals surface area contributed by atoms with Crippen LogP contribution in [-0.4, -0.2) is 13.1 Å². The molecular weight excluding hydrogens is 124 g/mol. The van der Waals surface area contributed by atoms with E-state index in [0.717, 1.165) is 0 Å². The molecule has 0 aromatic rings. The molecule has 0 aliphatic heterocycles. The molecule has 0 radical (unpaired) electrons. The first kappa shape index (κ1) is 16.5. The first-order valence-corrected chi connectivity index (χ1v) is 4.14. The fourth-order valence-electron chi connectivity index (χ4n) is 0. The fraction of sp³-hybridized carbons (Fsp3) is 1.00. The van der Waals surface area contributed by atoms with Gasteiger partial charge in [-0.1, -0.05) is 40.5 Å². The molecule has 0 aliphatic rings. The van der Waals surface area contributed by atoms with Crippen molar-refractivity contribution < 1.29 is 0 Å². The molecule has 0 aromatic carbocycles. The molecule has 0 aliphatic carbocycles. The monoisotopic (exact) mass is 148 g/mol. The van der Waals surface area contributed by atoms with Crippen molar-refractivity contribution in [3.8, 4) is 0 Å². The van der Waals surface area contributed by atoms with Crippen LogP contribution in [0.15, 0.2) is 0 Å². The van der Waals surface area contributed by atoms with Gasteiger partial charge in [-0.25, -0.2) is 0 Å². The van der Waals surface area contributed by atoms with Crippen LogP contribution in [0.2, 0.25) is 0 Å². The van der Waals surface area contributed by atoms with Crippen molar-refractivity contribution in [2.45, 2.75) is 40.5 Å². The first-order valence-electron chi connectivity index (χ1n) is 4.14. The number of nitrogens with two attached hydrogens (primary N) is 2. The summed E-state index contributed by atoms with van der Waals surface area (Å²) in [5.74, 6) is 0. The van der Waals surface area contributed by atoms with Crippen LogP contribution in [0.5, 0.6) is 0 Å². The highest BCUT2D eigenvalue weighted by Gasteiger charge is 1.54. The Labute approximate surface area is 66.0 Å². The normalized spacial score (nSPS) is 6.60. The molecule has 66 valence electrons. The Balaban J connectivity index is -0.0000000750. The molecule has 0 saturated carbocycles. The van der Waals surface area contributed by atoms with Crippen LogP contribution in [0.25, 0.3) is 0 Å². The number of hydrogen-bond donors (Lipinski definition) is 2. The maximum Gasteiger partial charge on any atom is 0.00461 e. The average Bonchev–Trinajstić information content (AvgIpc) is 1.91. The summed E-state index contributed by atoms with van der Waals surface area (Å²) >= 11 is 0. The molecule has 10 heavy (non-hydrogen) atoms. The van der Waals surface area contributed by atoms with Gasteiger partial charge in [0.2, 0.25) is 0 Å². The number of rotatable bonds is 1. The van der Waals surface area contributed by atoms with E-state index in [2.05, 4.69) is 27.7 Å². The molecule has 0 spiro atoms. The van der Waals surface area contributed by atoms with Crippen molar-refractivity contribution in [2.75, 3.05) is 13.1 Å². The van der Waals surface area contributed by atoms with E-state index in [1.807, 2.05) is 0 Å². The second kappa shape index (κ2) is 36.4. The van der Waals surface area contributed by atoms with Crippen molar-refractivity contribution in [1.82, 2.24) is 0 Å². The molecule has 0 amide bonds. The van der Waals surface area contributed by atoms with Crippen LogP contribution in [-0.2, 0) is 0 Å². The Morgan fingerprint density at radius 3 is 0.800 bits per heavy atom. The minimum Gasteiger partial charge on any atom is -0.329 e. The third kappa shape index (κ3) is 448. The van der Waals surface area contributed by atoms with Gasteiger partial charge in [0.1, 0.15) is 0 Å². The van der Waals surface area contributed by atoms with Crippen LogP contribution in [0.1, 0.15) is 40.5 Å². The van der Waals surface area contributed by atoms with Gasteiger partial charge in [-0.3, -0.25) is 0 Å². The van der Waals surface area contributed by atoms with Crippen molar-refractivity contribution in [3.05, 3.63) is 0 Å². The minimum atomic E-state index is 0.597. The second-order valence-corrected chi connectivity index (χ2v) is 1.99. The standard InChI is InChI=1S/2C3H8.C2H8N2/c2*1-3-2;3-1-2-4/h2*3H2,1-2H3;1-4H2. The smallest absolute Gasteiger partial charge is 0.00461 e. The van der Waals surface area contributed by atoms with Gasteiger partial charge in [0.25, 0.3) is 0 Å². The van der Waals surface area contributed by atoms with E-state index in [4.69, 9.17) is 11.5 Å². The van der Waals surface area contributed by atoms with Crippen molar-refractivity contribution in [3.63, 3.8) is 0 Å². The van der Waals surface area contributed by atoms with E-state index >= 15 is 0 Å². The molecule has 4 N–H and O–H groups in total. The van der Waals surface area contributed by atoms with Gasteiger partial charge in [-0.2, -0.15) is 0 Å². The van der Waals surface area contributed by atoms with E-state index in [-0.39, 0.29) is 0 Å². The summed E-state index contributed by atoms with van der Waals surface area (Å²) in [7, 11) is 0. The highest BCUT2D eigenvalue weighted by Crippen LogP contribution is 1.56. The molecule has 0 bridgehead atoms. The van der Waals surface area contributed by atoms with Crippen molar-refractivity contribution in [2.24, 2.45) is 11.5 Å². The van der Waals surface area contributed by atoms with Gasteiger partial charge in [0, 0.05) is 13.1 Å². The van der Waals surface area contributed by atoms with Gasteiger partial charge in [-0.15, -0.1) is 0 Å². The third-order valence-electron chi connectivity index (χ3n) is 0.167. The largest absolute Gasteiger partial charge is 0.329 e. The van der Waals surface area contributed by atoms with Crippen molar-refractivity contribution in [1.29, 1.82) is 0 Å². The molecule has 0 heterocycles. The van der Waals surface area contributed by atoms with Gasteiger partial charge >= 0.3 is 0 Å². The third-order valence-corrected chi connectivity index (χ3v) is 0.167. The highest BCUT2D eigenvalue weighted by atomic mass is 14.6. The average molecular weight is 148 g/mol. The van der Waals surface area contributed by atoms with E-state index in [9.17, 15) is 0 Å². The molecule has 2 nitrogen and oxygen atoms in total. The van der Waals surface area contributed by atoms with Crippen LogP contribution in [0, 0.1) is 0 Å². The maximum atomic E-state index is 4.90. The summed E-state index contributed by atoms with van der Waals surface area (Å²) in [4.78, 5) is 0. The molecule has 0 unspecified atom stereocenters. The predicted octanol–water partition coefficient (Wildman–Crippen LogP) is 1.74. The highest BCUT2D eigenvalue weighted by molar-refractivity contribution is 4.26. The van der Waals surface area contributed by atoms with Crippen LogP contribution in [0.4, 0.5) is 0 Å². The van der Waals surface area contributed by atoms with Crippen LogP contribution in [0.3, 0.4) is 0 Å². The summed E-state index contributed by atoms with van der Waals surface area (Å²) in [5.41, 5.74) is 9.81. The molecule has 0 rings (SSSR count). The number of hydrogen-bond acceptors (Lipinski definition) is 2. The molecule has 0 fully saturated rings. The fourth-order valence-corrected chi connectivity index (χ4v) is 0. The molecule has 0 saturated heterocycles. The molecule has 0 atom stereocenters. The SMILES string of the molecule is CCC.CCC.NCCN. The Kier molecular flexibility index (Phi) is 60.0.